The maximum Gasteiger partial charge on any atom is 0.305 e. The lowest BCUT2D eigenvalue weighted by molar-refractivity contribution is -0.141. The standard InChI is InChI=1S/C34H44N2O4/c1-33(2,3)25-11-13-26(14-12-25)40-27-15-16-28-24(20-27)21-30(36-29(28)19-23-9-7-8-10-23)32(38)35-22-34(4,5)18-17-31(37)39-6/h11-16,20-21,23H,7-10,17-19,22H2,1-6H3,(H,35,38). The predicted molar refractivity (Wildman–Crippen MR) is 160 cm³/mol. The lowest BCUT2D eigenvalue weighted by Gasteiger charge is -2.24. The molecule has 0 aliphatic heterocycles. The van der Waals surface area contributed by atoms with Crippen LogP contribution in [0, 0.1) is 11.3 Å². The van der Waals surface area contributed by atoms with Crippen LogP contribution in [0.2, 0.25) is 0 Å². The first kappa shape index (κ1) is 29.6. The van der Waals surface area contributed by atoms with Crippen molar-refractivity contribution in [2.24, 2.45) is 11.3 Å². The van der Waals surface area contributed by atoms with Crippen LogP contribution in [0.3, 0.4) is 0 Å². The van der Waals surface area contributed by atoms with Crippen LogP contribution in [0.1, 0.15) is 94.9 Å². The predicted octanol–water partition coefficient (Wildman–Crippen LogP) is 7.77. The summed E-state index contributed by atoms with van der Waals surface area (Å²) >= 11 is 0. The molecule has 3 aromatic rings. The second-order valence-electron chi connectivity index (χ2n) is 13.0. The number of rotatable bonds is 10. The Balaban J connectivity index is 1.57. The third-order valence-corrected chi connectivity index (χ3v) is 7.99. The maximum atomic E-state index is 13.3. The molecule has 1 aliphatic carbocycles. The largest absolute Gasteiger partial charge is 0.469 e. The van der Waals surface area contributed by atoms with Gasteiger partial charge in [0, 0.05) is 24.0 Å². The Hall–Kier alpha value is -3.41. The van der Waals surface area contributed by atoms with Crippen molar-refractivity contribution in [3.05, 3.63) is 65.5 Å². The van der Waals surface area contributed by atoms with E-state index < -0.39 is 0 Å². The van der Waals surface area contributed by atoms with E-state index in [1.54, 1.807) is 0 Å². The molecule has 2 aromatic carbocycles. The SMILES string of the molecule is COC(=O)CCC(C)(C)CNC(=O)c1cc2cc(Oc3ccc(C(C)(C)C)cc3)ccc2c(CC2CCCC2)n1. The summed E-state index contributed by atoms with van der Waals surface area (Å²) in [6.07, 6.45) is 6.75. The number of aromatic nitrogens is 1. The van der Waals surface area contributed by atoms with E-state index in [0.29, 0.717) is 31.0 Å². The molecule has 1 saturated carbocycles. The molecule has 0 radical (unpaired) electrons. The molecule has 0 spiro atoms. The number of pyridine rings is 1. The van der Waals surface area contributed by atoms with Crippen molar-refractivity contribution < 1.29 is 19.1 Å². The number of methoxy groups -OCH3 is 1. The van der Waals surface area contributed by atoms with Gasteiger partial charge in [-0.05, 0) is 76.9 Å². The second kappa shape index (κ2) is 12.4. The minimum atomic E-state index is -0.253. The number of carbonyl (C=O) groups is 2. The minimum absolute atomic E-state index is 0.0811. The van der Waals surface area contributed by atoms with Crippen LogP contribution in [0.25, 0.3) is 10.8 Å². The summed E-state index contributed by atoms with van der Waals surface area (Å²) in [4.78, 5) is 29.8. The summed E-state index contributed by atoms with van der Waals surface area (Å²) in [6.45, 7) is 11.1. The van der Waals surface area contributed by atoms with Gasteiger partial charge in [-0.15, -0.1) is 0 Å². The average Bonchev–Trinajstić information content (AvgIpc) is 3.43. The van der Waals surface area contributed by atoms with Crippen molar-refractivity contribution in [1.82, 2.24) is 10.3 Å². The Kier molecular flexibility index (Phi) is 9.17. The molecule has 1 aromatic heterocycles. The first-order valence-corrected chi connectivity index (χ1v) is 14.5. The molecule has 1 N–H and O–H groups in total. The van der Waals surface area contributed by atoms with Gasteiger partial charge in [-0.3, -0.25) is 9.59 Å². The smallest absolute Gasteiger partial charge is 0.305 e. The molecule has 1 fully saturated rings. The van der Waals surface area contributed by atoms with E-state index in [4.69, 9.17) is 14.5 Å². The van der Waals surface area contributed by atoms with E-state index in [1.165, 1.54) is 38.4 Å². The maximum absolute atomic E-state index is 13.3. The van der Waals surface area contributed by atoms with Gasteiger partial charge in [0.25, 0.3) is 5.91 Å². The Morgan fingerprint density at radius 2 is 1.62 bits per heavy atom. The Labute approximate surface area is 238 Å². The van der Waals surface area contributed by atoms with Gasteiger partial charge < -0.3 is 14.8 Å². The average molecular weight is 545 g/mol. The third-order valence-electron chi connectivity index (χ3n) is 7.99. The van der Waals surface area contributed by atoms with Gasteiger partial charge >= 0.3 is 5.97 Å². The van der Waals surface area contributed by atoms with E-state index in [9.17, 15) is 9.59 Å². The zero-order valence-corrected chi connectivity index (χ0v) is 24.9. The Morgan fingerprint density at radius 1 is 0.950 bits per heavy atom. The van der Waals surface area contributed by atoms with Gasteiger partial charge in [-0.1, -0.05) is 72.4 Å². The van der Waals surface area contributed by atoms with Gasteiger partial charge in [0.1, 0.15) is 17.2 Å². The molecule has 1 amide bonds. The van der Waals surface area contributed by atoms with Crippen LogP contribution in [-0.4, -0.2) is 30.5 Å². The molecule has 6 heteroatoms. The summed E-state index contributed by atoms with van der Waals surface area (Å²) in [7, 11) is 1.39. The Morgan fingerprint density at radius 3 is 2.27 bits per heavy atom. The van der Waals surface area contributed by atoms with Crippen LogP contribution in [0.4, 0.5) is 0 Å². The number of nitrogens with one attached hydrogen (secondary N) is 1. The first-order valence-electron chi connectivity index (χ1n) is 14.5. The number of hydrogen-bond acceptors (Lipinski definition) is 5. The number of ether oxygens (including phenoxy) is 2. The van der Waals surface area contributed by atoms with E-state index >= 15 is 0 Å². The molecule has 214 valence electrons. The number of amides is 1. The number of benzene rings is 2. The number of esters is 1. The molecule has 1 heterocycles. The van der Waals surface area contributed by atoms with Crippen LogP contribution in [0.15, 0.2) is 48.5 Å². The van der Waals surface area contributed by atoms with Crippen molar-refractivity contribution in [1.29, 1.82) is 0 Å². The highest BCUT2D eigenvalue weighted by atomic mass is 16.5. The van der Waals surface area contributed by atoms with Crippen molar-refractivity contribution in [3.8, 4) is 11.5 Å². The molecule has 0 bridgehead atoms. The van der Waals surface area contributed by atoms with Crippen molar-refractivity contribution in [2.45, 2.75) is 85.0 Å². The molecule has 1 aliphatic rings. The molecule has 0 unspecified atom stereocenters. The van der Waals surface area contributed by atoms with E-state index in [1.807, 2.05) is 44.2 Å². The lowest BCUT2D eigenvalue weighted by Crippen LogP contribution is -2.35. The molecule has 40 heavy (non-hydrogen) atoms. The highest BCUT2D eigenvalue weighted by Gasteiger charge is 2.23. The number of carbonyl (C=O) groups excluding carboxylic acids is 2. The van der Waals surface area contributed by atoms with Gasteiger partial charge in [0.05, 0.1) is 7.11 Å². The van der Waals surface area contributed by atoms with Gasteiger partial charge in [0.2, 0.25) is 0 Å². The fourth-order valence-electron chi connectivity index (χ4n) is 5.33. The summed E-state index contributed by atoms with van der Waals surface area (Å²) in [5.41, 5.74) is 2.47. The topological polar surface area (TPSA) is 77.5 Å². The second-order valence-corrected chi connectivity index (χ2v) is 13.0. The molecular weight excluding hydrogens is 500 g/mol. The zero-order chi connectivity index (χ0) is 28.9. The fraction of sp³-hybridized carbons (Fsp3) is 0.500. The summed E-state index contributed by atoms with van der Waals surface area (Å²) in [6, 6.07) is 16.1. The van der Waals surface area contributed by atoms with Crippen molar-refractivity contribution in [2.75, 3.05) is 13.7 Å². The van der Waals surface area contributed by atoms with E-state index in [-0.39, 0.29) is 22.7 Å². The zero-order valence-electron chi connectivity index (χ0n) is 24.9. The van der Waals surface area contributed by atoms with Gasteiger partial charge in [-0.2, -0.15) is 0 Å². The van der Waals surface area contributed by atoms with Gasteiger partial charge in [0.15, 0.2) is 0 Å². The van der Waals surface area contributed by atoms with E-state index in [0.717, 1.165) is 34.4 Å². The van der Waals surface area contributed by atoms with Gasteiger partial charge in [-0.25, -0.2) is 4.98 Å². The normalized spacial score (nSPS) is 14.3. The molecule has 6 nitrogen and oxygen atoms in total. The monoisotopic (exact) mass is 544 g/mol. The fourth-order valence-corrected chi connectivity index (χ4v) is 5.33. The third kappa shape index (κ3) is 7.83. The van der Waals surface area contributed by atoms with Crippen molar-refractivity contribution in [3.63, 3.8) is 0 Å². The molecule has 0 atom stereocenters. The van der Waals surface area contributed by atoms with Crippen LogP contribution in [-0.2, 0) is 21.4 Å². The highest BCUT2D eigenvalue weighted by molar-refractivity contribution is 5.97. The lowest BCUT2D eigenvalue weighted by atomic mass is 9.87. The highest BCUT2D eigenvalue weighted by Crippen LogP contribution is 2.33. The number of fused-ring (bicyclic) bond motifs is 1. The number of hydrogen-bond donors (Lipinski definition) is 1. The van der Waals surface area contributed by atoms with Crippen LogP contribution >= 0.6 is 0 Å². The number of nitrogens with zero attached hydrogens (tertiary/aromatic N) is 1. The van der Waals surface area contributed by atoms with Crippen molar-refractivity contribution >= 4 is 22.6 Å². The molecule has 0 saturated heterocycles. The van der Waals surface area contributed by atoms with Crippen LogP contribution < -0.4 is 10.1 Å². The summed E-state index contributed by atoms with van der Waals surface area (Å²) < 4.78 is 11.0. The summed E-state index contributed by atoms with van der Waals surface area (Å²) in [5.74, 6) is 1.66. The van der Waals surface area contributed by atoms with Crippen LogP contribution in [0.5, 0.6) is 11.5 Å². The molecular formula is C34H44N2O4. The Bertz CT molecular complexity index is 1330. The summed E-state index contributed by atoms with van der Waals surface area (Å²) in [5, 5.41) is 5.07. The molecule has 4 rings (SSSR count). The minimum Gasteiger partial charge on any atom is -0.469 e. The quantitative estimate of drug-likeness (QED) is 0.264. The van der Waals surface area contributed by atoms with E-state index in [2.05, 4.69) is 44.3 Å². The first-order chi connectivity index (χ1) is 18.9.